The molecule has 0 amide bonds. The minimum Gasteiger partial charge on any atom is -0.487 e. The first-order valence-corrected chi connectivity index (χ1v) is 18.0. The van der Waals surface area contributed by atoms with Crippen LogP contribution in [0.15, 0.2) is 46.2 Å². The molecule has 0 radical (unpaired) electrons. The van der Waals surface area contributed by atoms with Crippen LogP contribution in [0.2, 0.25) is 0 Å². The van der Waals surface area contributed by atoms with Crippen molar-refractivity contribution in [3.63, 3.8) is 0 Å². The van der Waals surface area contributed by atoms with Crippen LogP contribution < -0.4 is 9.64 Å². The summed E-state index contributed by atoms with van der Waals surface area (Å²) in [6.07, 6.45) is 0. The van der Waals surface area contributed by atoms with Gasteiger partial charge in [-0.1, -0.05) is 18.2 Å². The summed E-state index contributed by atoms with van der Waals surface area (Å²) in [5.41, 5.74) is 0.632. The van der Waals surface area contributed by atoms with E-state index in [1.54, 1.807) is 37.2 Å². The maximum Gasteiger partial charge on any atom is 0.318 e. The fourth-order valence-electron chi connectivity index (χ4n) is 5.66. The molecule has 3 N–H and O–H groups in total. The third-order valence-corrected chi connectivity index (χ3v) is 11.5. The van der Waals surface area contributed by atoms with Crippen LogP contribution in [0.25, 0.3) is 32.3 Å². The molecule has 0 aliphatic rings. The zero-order valence-corrected chi connectivity index (χ0v) is 30.0. The molecule has 0 saturated carbocycles. The number of carbonyl (C=O) groups is 4. The third kappa shape index (κ3) is 7.73. The molecule has 18 heteroatoms. The number of ketones is 1. The minimum atomic E-state index is -5.08. The SMILES string of the molecule is CC(=O)CN(CC(=O)O)S(=O)(=O)c1cc(S(=O)(=O)N(CC(=O)O)CC(=O)O)c2ccc3c(OCC[N+](C)(C)C)cc(N(C)C)c4ccc1c2c34. The molecule has 0 aliphatic heterocycles. The van der Waals surface area contributed by atoms with Crippen molar-refractivity contribution in [2.45, 2.75) is 16.7 Å². The summed E-state index contributed by atoms with van der Waals surface area (Å²) in [6, 6.07) is 8.62. The van der Waals surface area contributed by atoms with Gasteiger partial charge in [0.05, 0.1) is 37.5 Å². The summed E-state index contributed by atoms with van der Waals surface area (Å²) < 4.78 is 64.5. The van der Waals surface area contributed by atoms with Crippen molar-refractivity contribution in [1.29, 1.82) is 0 Å². The van der Waals surface area contributed by atoms with E-state index >= 15 is 0 Å². The van der Waals surface area contributed by atoms with E-state index < -0.39 is 79.7 Å². The van der Waals surface area contributed by atoms with Crippen molar-refractivity contribution in [3.05, 3.63) is 36.4 Å². The molecule has 0 spiro atoms. The first kappa shape index (κ1) is 38.2. The summed E-state index contributed by atoms with van der Waals surface area (Å²) in [5, 5.41) is 30.0. The third-order valence-electron chi connectivity index (χ3n) is 7.83. The average Bonchev–Trinajstić information content (AvgIpc) is 2.97. The maximum absolute atomic E-state index is 14.3. The number of Topliss-reactive ketones (excluding diaryl/α,β-unsaturated/α-hetero) is 1. The predicted octanol–water partition coefficient (Wildman–Crippen LogP) is 1.56. The largest absolute Gasteiger partial charge is 0.487 e. The van der Waals surface area contributed by atoms with Gasteiger partial charge < -0.3 is 29.4 Å². The number of ether oxygens (including phenoxy) is 1. The molecule has 50 heavy (non-hydrogen) atoms. The quantitative estimate of drug-likeness (QED) is 0.104. The fraction of sp³-hybridized carbons (Fsp3) is 0.375. The van der Waals surface area contributed by atoms with Crippen molar-refractivity contribution in [2.24, 2.45) is 0 Å². The summed E-state index contributed by atoms with van der Waals surface area (Å²) in [4.78, 5) is 47.7. The summed E-state index contributed by atoms with van der Waals surface area (Å²) >= 11 is 0. The van der Waals surface area contributed by atoms with E-state index in [-0.39, 0.29) is 27.1 Å². The van der Waals surface area contributed by atoms with Crippen molar-refractivity contribution in [3.8, 4) is 5.75 Å². The average molecular weight is 736 g/mol. The number of hydrogen-bond acceptors (Lipinski definition) is 10. The Bertz CT molecular complexity index is 2110. The minimum absolute atomic E-state index is 0.0211. The van der Waals surface area contributed by atoms with Crippen LogP contribution in [0.3, 0.4) is 0 Å². The van der Waals surface area contributed by atoms with Gasteiger partial charge in [-0.3, -0.25) is 19.2 Å². The van der Waals surface area contributed by atoms with Gasteiger partial charge in [-0.15, -0.1) is 0 Å². The lowest BCUT2D eigenvalue weighted by atomic mass is 9.92. The van der Waals surface area contributed by atoms with Crippen LogP contribution >= 0.6 is 0 Å². The Morgan fingerprint density at radius 2 is 1.10 bits per heavy atom. The lowest BCUT2D eigenvalue weighted by molar-refractivity contribution is -0.870. The molecule has 0 aliphatic carbocycles. The van der Waals surface area contributed by atoms with E-state index in [0.717, 1.165) is 13.0 Å². The van der Waals surface area contributed by atoms with E-state index in [1.807, 2.05) is 21.1 Å². The molecular weight excluding hydrogens is 697 g/mol. The second-order valence-electron chi connectivity index (χ2n) is 13.0. The van der Waals surface area contributed by atoms with Gasteiger partial charge in [0.1, 0.15) is 44.3 Å². The molecule has 0 atom stereocenters. The summed E-state index contributed by atoms with van der Waals surface area (Å²) in [7, 11) is -0.536. The lowest BCUT2D eigenvalue weighted by Crippen LogP contribution is -2.40. The maximum atomic E-state index is 14.3. The molecule has 0 aromatic heterocycles. The Morgan fingerprint density at radius 3 is 1.52 bits per heavy atom. The number of hydrogen-bond donors (Lipinski definition) is 3. The number of likely N-dealkylation sites (N-methyl/N-ethyl adjacent to an activating group) is 1. The fourth-order valence-corrected chi connectivity index (χ4v) is 8.91. The van der Waals surface area contributed by atoms with Gasteiger partial charge in [0.15, 0.2) is 0 Å². The molecular formula is C32H39N4O12S2+. The number of carbonyl (C=O) groups excluding carboxylic acids is 1. The molecule has 16 nitrogen and oxygen atoms in total. The Hall–Kier alpha value is -4.62. The van der Waals surface area contributed by atoms with Gasteiger partial charge in [-0.25, -0.2) is 16.8 Å². The highest BCUT2D eigenvalue weighted by atomic mass is 32.2. The van der Waals surface area contributed by atoms with E-state index in [4.69, 9.17) is 4.74 Å². The number of anilines is 1. The second-order valence-corrected chi connectivity index (χ2v) is 16.8. The Labute approximate surface area is 288 Å². The van der Waals surface area contributed by atoms with Crippen LogP contribution in [0.1, 0.15) is 6.92 Å². The topological polar surface area (TPSA) is 216 Å². The van der Waals surface area contributed by atoms with Gasteiger partial charge in [0.2, 0.25) is 20.0 Å². The van der Waals surface area contributed by atoms with Gasteiger partial charge in [0.25, 0.3) is 0 Å². The molecule has 0 bridgehead atoms. The number of aliphatic carboxylic acids is 3. The molecule has 4 aromatic rings. The molecule has 4 rings (SSSR count). The normalized spacial score (nSPS) is 12.7. The highest BCUT2D eigenvalue weighted by Gasteiger charge is 2.36. The molecule has 4 aromatic carbocycles. The highest BCUT2D eigenvalue weighted by molar-refractivity contribution is 7.90. The molecule has 0 unspecified atom stereocenters. The second kappa shape index (κ2) is 13.9. The number of carboxylic acids is 3. The van der Waals surface area contributed by atoms with E-state index in [2.05, 4.69) is 0 Å². The first-order chi connectivity index (χ1) is 23.1. The molecule has 0 fully saturated rings. The van der Waals surface area contributed by atoms with Crippen LogP contribution in [-0.4, -0.2) is 144 Å². The number of carboxylic acid groups (broad SMARTS) is 3. The number of nitrogens with zero attached hydrogens (tertiary/aromatic N) is 4. The van der Waals surface area contributed by atoms with Crippen molar-refractivity contribution >= 4 is 81.7 Å². The van der Waals surface area contributed by atoms with Gasteiger partial charge in [0, 0.05) is 58.2 Å². The van der Waals surface area contributed by atoms with E-state index in [9.17, 15) is 51.3 Å². The zero-order valence-electron chi connectivity index (χ0n) is 28.3. The van der Waals surface area contributed by atoms with E-state index in [0.29, 0.717) is 42.9 Å². The molecule has 0 saturated heterocycles. The van der Waals surface area contributed by atoms with Gasteiger partial charge in [-0.05, 0) is 19.1 Å². The summed E-state index contributed by atoms with van der Waals surface area (Å²) in [5.74, 6) is -5.20. The van der Waals surface area contributed by atoms with Crippen LogP contribution in [0, 0.1) is 0 Å². The van der Waals surface area contributed by atoms with Crippen LogP contribution in [0.4, 0.5) is 5.69 Å². The lowest BCUT2D eigenvalue weighted by Gasteiger charge is -2.26. The van der Waals surface area contributed by atoms with Crippen LogP contribution in [-0.2, 0) is 39.2 Å². The van der Waals surface area contributed by atoms with Gasteiger partial charge >= 0.3 is 17.9 Å². The Balaban J connectivity index is 2.23. The molecule has 0 heterocycles. The zero-order chi connectivity index (χ0) is 37.5. The van der Waals surface area contributed by atoms with Crippen molar-refractivity contribution < 1.29 is 60.6 Å². The van der Waals surface area contributed by atoms with E-state index in [1.165, 1.54) is 12.1 Å². The number of rotatable bonds is 17. The summed E-state index contributed by atoms with van der Waals surface area (Å²) in [6.45, 7) is -2.55. The smallest absolute Gasteiger partial charge is 0.318 e. The standard InChI is InChI=1S/C32H38N4O12S2/c1-19(37)15-34(16-28(38)39)49(44,45)26-14-27(50(46,47)35(17-29(40)41)18-30(42)43)23-10-8-21-25(48-12-11-36(4,5)6)13-24(33(2)3)20-7-9-22(26)32(23)31(20)21/h7-10,13-14H,11-12,15-18H2,1-6H3,(H2-,38,39,40,41,42,43)/p+1. The number of quaternary nitrogens is 1. The Kier molecular flexibility index (Phi) is 10.7. The highest BCUT2D eigenvalue weighted by Crippen LogP contribution is 2.46. The van der Waals surface area contributed by atoms with Crippen LogP contribution in [0.5, 0.6) is 5.75 Å². The van der Waals surface area contributed by atoms with Crippen molar-refractivity contribution in [2.75, 3.05) is 79.5 Å². The first-order valence-electron chi connectivity index (χ1n) is 15.1. The monoisotopic (exact) mass is 735 g/mol. The molecule has 270 valence electrons. The predicted molar refractivity (Wildman–Crippen MR) is 184 cm³/mol. The number of sulfonamides is 2. The van der Waals surface area contributed by atoms with Gasteiger partial charge in [-0.2, -0.15) is 8.61 Å². The number of benzene rings is 4. The Morgan fingerprint density at radius 1 is 0.680 bits per heavy atom. The van der Waals surface area contributed by atoms with Crippen molar-refractivity contribution in [1.82, 2.24) is 8.61 Å².